The van der Waals surface area contributed by atoms with Crippen LogP contribution in [0, 0.1) is 0 Å². The van der Waals surface area contributed by atoms with E-state index in [1.165, 1.54) is 0 Å². The number of carbonyl (C=O) groups excluding carboxylic acids is 1. The minimum atomic E-state index is -0.754. The maximum absolute atomic E-state index is 12.7. The zero-order valence-electron chi connectivity index (χ0n) is 13.4. The number of ether oxygens (including phenoxy) is 1. The molecule has 2 atom stereocenters. The molecule has 2 N–H and O–H groups in total. The molecular formula is C17H22Cl2N2O3. The summed E-state index contributed by atoms with van der Waals surface area (Å²) in [6.45, 7) is 2.24. The van der Waals surface area contributed by atoms with Crippen LogP contribution >= 0.6 is 23.2 Å². The molecule has 2 fully saturated rings. The molecule has 2 heterocycles. The van der Waals surface area contributed by atoms with Crippen LogP contribution in [0.15, 0.2) is 18.2 Å². The van der Waals surface area contributed by atoms with Crippen LogP contribution in [-0.4, -0.2) is 54.8 Å². The monoisotopic (exact) mass is 372 g/mol. The van der Waals surface area contributed by atoms with E-state index in [4.69, 9.17) is 27.9 Å². The highest BCUT2D eigenvalue weighted by Gasteiger charge is 2.41. The van der Waals surface area contributed by atoms with Gasteiger partial charge in [0.25, 0.3) is 0 Å². The molecule has 3 rings (SSSR count). The summed E-state index contributed by atoms with van der Waals surface area (Å²) >= 11 is 12.2. The van der Waals surface area contributed by atoms with Crippen molar-refractivity contribution in [3.63, 3.8) is 0 Å². The first-order chi connectivity index (χ1) is 11.6. The molecule has 24 heavy (non-hydrogen) atoms. The van der Waals surface area contributed by atoms with Crippen molar-refractivity contribution in [1.82, 2.24) is 10.2 Å². The van der Waals surface area contributed by atoms with Crippen molar-refractivity contribution < 1.29 is 14.6 Å². The Morgan fingerprint density at radius 1 is 1.42 bits per heavy atom. The highest BCUT2D eigenvalue weighted by molar-refractivity contribution is 6.42. The van der Waals surface area contributed by atoms with Gasteiger partial charge >= 0.3 is 0 Å². The van der Waals surface area contributed by atoms with Gasteiger partial charge in [-0.1, -0.05) is 29.3 Å². The predicted octanol–water partition coefficient (Wildman–Crippen LogP) is 2.18. The lowest BCUT2D eigenvalue weighted by atomic mass is 9.88. The van der Waals surface area contributed by atoms with E-state index in [9.17, 15) is 9.90 Å². The summed E-state index contributed by atoms with van der Waals surface area (Å²) in [5.41, 5.74) is 0.0815. The minimum absolute atomic E-state index is 0.0377. The molecule has 2 aliphatic heterocycles. The van der Waals surface area contributed by atoms with Gasteiger partial charge in [-0.3, -0.25) is 4.79 Å². The molecule has 0 aromatic heterocycles. The lowest BCUT2D eigenvalue weighted by Gasteiger charge is -2.43. The fourth-order valence-electron chi connectivity index (χ4n) is 3.52. The van der Waals surface area contributed by atoms with E-state index in [0.29, 0.717) is 36.2 Å². The number of aliphatic hydroxyl groups excluding tert-OH is 1. The molecule has 0 spiro atoms. The maximum atomic E-state index is 12.7. The van der Waals surface area contributed by atoms with Gasteiger partial charge in [0, 0.05) is 19.6 Å². The molecule has 1 aromatic carbocycles. The fourth-order valence-corrected chi connectivity index (χ4v) is 3.82. The third kappa shape index (κ3) is 3.55. The van der Waals surface area contributed by atoms with Gasteiger partial charge in [0.15, 0.2) is 0 Å². The molecule has 1 aromatic rings. The number of hydrogen-bond acceptors (Lipinski definition) is 4. The number of halogens is 2. The van der Waals surface area contributed by atoms with E-state index >= 15 is 0 Å². The number of aliphatic hydroxyl groups is 1. The van der Waals surface area contributed by atoms with Crippen LogP contribution in [-0.2, 0) is 15.1 Å². The number of benzene rings is 1. The highest BCUT2D eigenvalue weighted by Crippen LogP contribution is 2.36. The van der Waals surface area contributed by atoms with E-state index in [0.717, 1.165) is 24.9 Å². The average molecular weight is 373 g/mol. The Labute approximate surface area is 151 Å². The predicted molar refractivity (Wildman–Crippen MR) is 93.4 cm³/mol. The van der Waals surface area contributed by atoms with E-state index in [1.54, 1.807) is 12.1 Å². The number of nitrogens with one attached hydrogen (secondary N) is 1. The number of rotatable bonds is 4. The van der Waals surface area contributed by atoms with Crippen LogP contribution in [0.4, 0.5) is 0 Å². The van der Waals surface area contributed by atoms with Gasteiger partial charge in [0.05, 0.1) is 29.2 Å². The topological polar surface area (TPSA) is 61.8 Å². The molecule has 5 nitrogen and oxygen atoms in total. The Balaban J connectivity index is 1.85. The number of hydrogen-bond donors (Lipinski definition) is 2. The van der Waals surface area contributed by atoms with Crippen molar-refractivity contribution in [2.45, 2.75) is 30.9 Å². The standard InChI is InChI=1S/C17H22Cl2N2O3/c18-13-4-3-12(10-14(13)19)17(5-8-22)11-21(7-9-24-17)16(23)15-2-1-6-20-15/h3-4,10,15,20,22H,1-2,5-9,11H2/t15-,17-/m0/s1. The zero-order chi connectivity index (χ0) is 17.2. The first-order valence-electron chi connectivity index (χ1n) is 8.28. The van der Waals surface area contributed by atoms with Crippen molar-refractivity contribution in [2.24, 2.45) is 0 Å². The normalized spacial score (nSPS) is 27.5. The number of nitrogens with zero attached hydrogens (tertiary/aromatic N) is 1. The summed E-state index contributed by atoms with van der Waals surface area (Å²) in [7, 11) is 0. The molecule has 132 valence electrons. The van der Waals surface area contributed by atoms with Crippen molar-refractivity contribution in [1.29, 1.82) is 0 Å². The lowest BCUT2D eigenvalue weighted by molar-refractivity contribution is -0.157. The van der Waals surface area contributed by atoms with Gasteiger partial charge in [0.2, 0.25) is 5.91 Å². The number of carbonyl (C=O) groups is 1. The molecule has 7 heteroatoms. The number of morpholine rings is 1. The second-order valence-corrected chi connectivity index (χ2v) is 7.17. The molecule has 0 unspecified atom stereocenters. The molecule has 0 saturated carbocycles. The van der Waals surface area contributed by atoms with Crippen LogP contribution in [0.1, 0.15) is 24.8 Å². The van der Waals surface area contributed by atoms with E-state index < -0.39 is 5.60 Å². The first-order valence-corrected chi connectivity index (χ1v) is 9.04. The fraction of sp³-hybridized carbons (Fsp3) is 0.588. The second kappa shape index (κ2) is 7.58. The lowest BCUT2D eigenvalue weighted by Crippen LogP contribution is -2.55. The summed E-state index contributed by atoms with van der Waals surface area (Å²) in [5.74, 6) is 0.109. The van der Waals surface area contributed by atoms with Crippen LogP contribution < -0.4 is 5.32 Å². The quantitative estimate of drug-likeness (QED) is 0.850. The summed E-state index contributed by atoms with van der Waals surface area (Å²) in [6, 6.07) is 5.23. The van der Waals surface area contributed by atoms with Gasteiger partial charge in [-0.05, 0) is 37.1 Å². The maximum Gasteiger partial charge on any atom is 0.239 e. The Hall–Kier alpha value is -0.850. The van der Waals surface area contributed by atoms with Crippen molar-refractivity contribution in [3.8, 4) is 0 Å². The Morgan fingerprint density at radius 2 is 2.25 bits per heavy atom. The van der Waals surface area contributed by atoms with Gasteiger partial charge < -0.3 is 20.1 Å². The molecule has 2 aliphatic rings. The smallest absolute Gasteiger partial charge is 0.239 e. The SMILES string of the molecule is O=C([C@@H]1CCCN1)N1CCO[C@](CCO)(c2ccc(Cl)c(Cl)c2)C1. The first kappa shape index (κ1) is 18.0. The zero-order valence-corrected chi connectivity index (χ0v) is 14.9. The average Bonchev–Trinajstić information content (AvgIpc) is 3.11. The Bertz CT molecular complexity index is 603. The van der Waals surface area contributed by atoms with E-state index in [1.807, 2.05) is 11.0 Å². The van der Waals surface area contributed by atoms with Crippen molar-refractivity contribution >= 4 is 29.1 Å². The molecule has 0 bridgehead atoms. The van der Waals surface area contributed by atoms with E-state index in [2.05, 4.69) is 5.32 Å². The van der Waals surface area contributed by atoms with Gasteiger partial charge in [-0.15, -0.1) is 0 Å². The largest absolute Gasteiger partial charge is 0.396 e. The van der Waals surface area contributed by atoms with Gasteiger partial charge in [-0.2, -0.15) is 0 Å². The number of amides is 1. The third-order valence-corrected chi connectivity index (χ3v) is 5.56. The molecular weight excluding hydrogens is 351 g/mol. The summed E-state index contributed by atoms with van der Waals surface area (Å²) < 4.78 is 6.05. The van der Waals surface area contributed by atoms with Crippen LogP contribution in [0.2, 0.25) is 10.0 Å². The second-order valence-electron chi connectivity index (χ2n) is 6.35. The summed E-state index contributed by atoms with van der Waals surface area (Å²) in [5, 5.41) is 13.7. The van der Waals surface area contributed by atoms with Crippen molar-refractivity contribution in [3.05, 3.63) is 33.8 Å². The molecule has 1 amide bonds. The molecule has 0 aliphatic carbocycles. The summed E-state index contributed by atoms with van der Waals surface area (Å²) in [6.07, 6.45) is 2.29. The van der Waals surface area contributed by atoms with Crippen LogP contribution in [0.5, 0.6) is 0 Å². The molecule has 2 saturated heterocycles. The minimum Gasteiger partial charge on any atom is -0.396 e. The van der Waals surface area contributed by atoms with Crippen LogP contribution in [0.25, 0.3) is 0 Å². The third-order valence-electron chi connectivity index (χ3n) is 4.82. The Kier molecular flexibility index (Phi) is 5.67. The summed E-state index contributed by atoms with van der Waals surface area (Å²) in [4.78, 5) is 14.6. The van der Waals surface area contributed by atoms with E-state index in [-0.39, 0.29) is 18.6 Å². The van der Waals surface area contributed by atoms with Crippen LogP contribution in [0.3, 0.4) is 0 Å². The highest BCUT2D eigenvalue weighted by atomic mass is 35.5. The van der Waals surface area contributed by atoms with Gasteiger partial charge in [0.1, 0.15) is 5.60 Å². The van der Waals surface area contributed by atoms with Gasteiger partial charge in [-0.25, -0.2) is 0 Å². The molecule has 0 radical (unpaired) electrons. The Morgan fingerprint density at radius 3 is 2.92 bits per heavy atom. The van der Waals surface area contributed by atoms with Crippen molar-refractivity contribution in [2.75, 3.05) is 32.8 Å².